The zero-order valence-corrected chi connectivity index (χ0v) is 20.2. The van der Waals surface area contributed by atoms with Crippen molar-refractivity contribution in [3.05, 3.63) is 30.0 Å². The third-order valence-electron chi connectivity index (χ3n) is 6.83. The van der Waals surface area contributed by atoms with Gasteiger partial charge in [-0.2, -0.15) is 5.10 Å². The van der Waals surface area contributed by atoms with Gasteiger partial charge in [-0.15, -0.1) is 15.3 Å². The standard InChI is InChI=1S/C24H36N6O3/c1-17-14-23(27-28-24(17)31-4)33-21-9-11-29(3)16-19(21)15-18(2)30-12-7-20(8-13-30)32-22-6-5-10-25-26-22/h5-6,10,14,18-21H,7-9,11-13,15-16H2,1-4H3. The van der Waals surface area contributed by atoms with Gasteiger partial charge in [-0.1, -0.05) is 0 Å². The van der Waals surface area contributed by atoms with Crippen LogP contribution in [0.25, 0.3) is 0 Å². The number of hydrogen-bond donors (Lipinski definition) is 0. The van der Waals surface area contributed by atoms with E-state index in [9.17, 15) is 0 Å². The first-order valence-corrected chi connectivity index (χ1v) is 11.9. The second kappa shape index (κ2) is 11.1. The van der Waals surface area contributed by atoms with Crippen molar-refractivity contribution in [2.45, 2.75) is 57.8 Å². The molecule has 3 atom stereocenters. The zero-order chi connectivity index (χ0) is 23.2. The number of piperidine rings is 2. The average molecular weight is 457 g/mol. The maximum atomic E-state index is 6.36. The summed E-state index contributed by atoms with van der Waals surface area (Å²) in [5, 5.41) is 16.3. The highest BCUT2D eigenvalue weighted by Crippen LogP contribution is 2.29. The smallest absolute Gasteiger partial charge is 0.236 e. The van der Waals surface area contributed by atoms with Gasteiger partial charge < -0.3 is 24.0 Å². The van der Waals surface area contributed by atoms with Gasteiger partial charge in [0, 0.05) is 62.0 Å². The monoisotopic (exact) mass is 456 g/mol. The Morgan fingerprint density at radius 1 is 1.06 bits per heavy atom. The Balaban J connectivity index is 1.31. The molecular weight excluding hydrogens is 420 g/mol. The summed E-state index contributed by atoms with van der Waals surface area (Å²) in [5.74, 6) is 2.19. The molecule has 4 rings (SSSR count). The van der Waals surface area contributed by atoms with E-state index < -0.39 is 0 Å². The van der Waals surface area contributed by atoms with Gasteiger partial charge in [0.05, 0.1) is 7.11 Å². The molecule has 2 saturated heterocycles. The van der Waals surface area contributed by atoms with E-state index in [1.54, 1.807) is 13.3 Å². The Morgan fingerprint density at radius 3 is 2.58 bits per heavy atom. The lowest BCUT2D eigenvalue weighted by Crippen LogP contribution is -2.48. The summed E-state index contributed by atoms with van der Waals surface area (Å²) in [6.45, 7) is 8.43. The highest BCUT2D eigenvalue weighted by Gasteiger charge is 2.33. The molecule has 0 amide bonds. The number of ether oxygens (including phenoxy) is 3. The highest BCUT2D eigenvalue weighted by atomic mass is 16.5. The molecule has 0 bridgehead atoms. The summed E-state index contributed by atoms with van der Waals surface area (Å²) >= 11 is 0. The molecule has 180 valence electrons. The van der Waals surface area contributed by atoms with Crippen molar-refractivity contribution in [3.8, 4) is 17.6 Å². The first-order valence-electron chi connectivity index (χ1n) is 11.9. The van der Waals surface area contributed by atoms with Crippen molar-refractivity contribution in [2.24, 2.45) is 5.92 Å². The van der Waals surface area contributed by atoms with E-state index in [4.69, 9.17) is 14.2 Å². The Hall–Kier alpha value is -2.52. The van der Waals surface area contributed by atoms with Crippen LogP contribution in [0.2, 0.25) is 0 Å². The molecule has 2 aliphatic heterocycles. The minimum Gasteiger partial charge on any atom is -0.480 e. The maximum absolute atomic E-state index is 6.36. The van der Waals surface area contributed by atoms with Crippen molar-refractivity contribution >= 4 is 0 Å². The topological polar surface area (TPSA) is 85.7 Å². The first kappa shape index (κ1) is 23.6. The molecule has 2 aliphatic rings. The van der Waals surface area contributed by atoms with Crippen LogP contribution in [0.15, 0.2) is 24.4 Å². The van der Waals surface area contributed by atoms with Crippen LogP contribution in [0.1, 0.15) is 38.2 Å². The molecule has 0 saturated carbocycles. The number of aryl methyl sites for hydroxylation is 1. The number of aromatic nitrogens is 4. The number of hydrogen-bond acceptors (Lipinski definition) is 9. The Bertz CT molecular complexity index is 878. The molecule has 0 aliphatic carbocycles. The van der Waals surface area contributed by atoms with E-state index in [1.807, 2.05) is 25.1 Å². The number of rotatable bonds is 8. The van der Waals surface area contributed by atoms with Crippen molar-refractivity contribution in [1.29, 1.82) is 0 Å². The van der Waals surface area contributed by atoms with Gasteiger partial charge in [-0.05, 0) is 52.6 Å². The highest BCUT2D eigenvalue weighted by molar-refractivity contribution is 5.27. The molecule has 0 spiro atoms. The molecule has 0 radical (unpaired) electrons. The fourth-order valence-electron chi connectivity index (χ4n) is 4.98. The van der Waals surface area contributed by atoms with Gasteiger partial charge >= 0.3 is 0 Å². The van der Waals surface area contributed by atoms with Crippen molar-refractivity contribution < 1.29 is 14.2 Å². The lowest BCUT2D eigenvalue weighted by molar-refractivity contribution is 0.0202. The predicted molar refractivity (Wildman–Crippen MR) is 125 cm³/mol. The van der Waals surface area contributed by atoms with E-state index in [2.05, 4.69) is 44.2 Å². The van der Waals surface area contributed by atoms with Crippen LogP contribution < -0.4 is 14.2 Å². The molecule has 9 heteroatoms. The second-order valence-corrected chi connectivity index (χ2v) is 9.34. The van der Waals surface area contributed by atoms with E-state index in [0.717, 1.165) is 57.4 Å². The summed E-state index contributed by atoms with van der Waals surface area (Å²) in [5.41, 5.74) is 0.937. The van der Waals surface area contributed by atoms with Gasteiger partial charge in [0.1, 0.15) is 12.2 Å². The first-order chi connectivity index (χ1) is 16.0. The van der Waals surface area contributed by atoms with Crippen molar-refractivity contribution in [1.82, 2.24) is 30.2 Å². The maximum Gasteiger partial charge on any atom is 0.236 e. The summed E-state index contributed by atoms with van der Waals surface area (Å²) in [4.78, 5) is 4.99. The number of likely N-dealkylation sites (tertiary alicyclic amines) is 2. The zero-order valence-electron chi connectivity index (χ0n) is 20.2. The third-order valence-corrected chi connectivity index (χ3v) is 6.83. The fraction of sp³-hybridized carbons (Fsp3) is 0.667. The van der Waals surface area contributed by atoms with E-state index in [1.165, 1.54) is 0 Å². The number of nitrogens with zero attached hydrogens (tertiary/aromatic N) is 6. The largest absolute Gasteiger partial charge is 0.480 e. The van der Waals surface area contributed by atoms with Gasteiger partial charge in [0.15, 0.2) is 0 Å². The van der Waals surface area contributed by atoms with Crippen LogP contribution in [-0.2, 0) is 0 Å². The lowest BCUT2D eigenvalue weighted by atomic mass is 9.88. The minimum atomic E-state index is 0.142. The van der Waals surface area contributed by atoms with Crippen LogP contribution in [0, 0.1) is 12.8 Å². The average Bonchev–Trinajstić information content (AvgIpc) is 2.82. The molecule has 3 unspecified atom stereocenters. The normalized spacial score (nSPS) is 23.8. The molecule has 4 heterocycles. The van der Waals surface area contributed by atoms with Crippen LogP contribution in [0.4, 0.5) is 0 Å². The molecule has 2 aromatic heterocycles. The van der Waals surface area contributed by atoms with Crippen LogP contribution >= 0.6 is 0 Å². The molecule has 33 heavy (non-hydrogen) atoms. The van der Waals surface area contributed by atoms with Crippen LogP contribution in [0.5, 0.6) is 17.6 Å². The Morgan fingerprint density at radius 2 is 1.88 bits per heavy atom. The molecule has 2 aromatic rings. The molecule has 2 fully saturated rings. The summed E-state index contributed by atoms with van der Waals surface area (Å²) in [6.07, 6.45) is 6.11. The van der Waals surface area contributed by atoms with Crippen molar-refractivity contribution in [3.63, 3.8) is 0 Å². The Labute approximate surface area is 196 Å². The lowest BCUT2D eigenvalue weighted by Gasteiger charge is -2.41. The van der Waals surface area contributed by atoms with Crippen LogP contribution in [0.3, 0.4) is 0 Å². The minimum absolute atomic E-state index is 0.142. The predicted octanol–water partition coefficient (Wildman–Crippen LogP) is 2.60. The van der Waals surface area contributed by atoms with E-state index >= 15 is 0 Å². The van der Waals surface area contributed by atoms with Crippen LogP contribution in [-0.4, -0.2) is 88.8 Å². The number of methoxy groups -OCH3 is 1. The molecule has 0 N–H and O–H groups in total. The molecule has 9 nitrogen and oxygen atoms in total. The second-order valence-electron chi connectivity index (χ2n) is 9.34. The van der Waals surface area contributed by atoms with Crippen molar-refractivity contribution in [2.75, 3.05) is 40.3 Å². The van der Waals surface area contributed by atoms with Gasteiger partial charge in [-0.3, -0.25) is 0 Å². The van der Waals surface area contributed by atoms with E-state index in [0.29, 0.717) is 29.6 Å². The van der Waals surface area contributed by atoms with Gasteiger partial charge in [0.25, 0.3) is 0 Å². The SMILES string of the molecule is COc1nnc(OC2CCN(C)CC2CC(C)N2CCC(Oc3cccnn3)CC2)cc1C. The van der Waals surface area contributed by atoms with Gasteiger partial charge in [-0.25, -0.2) is 0 Å². The molecular formula is C24H36N6O3. The summed E-state index contributed by atoms with van der Waals surface area (Å²) < 4.78 is 17.6. The molecule has 0 aromatic carbocycles. The van der Waals surface area contributed by atoms with Gasteiger partial charge in [0.2, 0.25) is 17.6 Å². The Kier molecular flexibility index (Phi) is 7.93. The summed E-state index contributed by atoms with van der Waals surface area (Å²) in [7, 11) is 3.80. The van der Waals surface area contributed by atoms with E-state index in [-0.39, 0.29) is 12.2 Å². The fourth-order valence-corrected chi connectivity index (χ4v) is 4.98. The third kappa shape index (κ3) is 6.29. The quantitative estimate of drug-likeness (QED) is 0.595. The summed E-state index contributed by atoms with van der Waals surface area (Å²) in [6, 6.07) is 6.13.